The van der Waals surface area contributed by atoms with Crippen LogP contribution in [0.25, 0.3) is 11.8 Å². The van der Waals surface area contributed by atoms with Gasteiger partial charge in [-0.3, -0.25) is 19.5 Å². The molecule has 46 heavy (non-hydrogen) atoms. The molecule has 0 bridgehead atoms. The highest BCUT2D eigenvalue weighted by atomic mass is 32.1. The Hall–Kier alpha value is -5.43. The molecule has 238 valence electrons. The van der Waals surface area contributed by atoms with Gasteiger partial charge in [-0.2, -0.15) is 0 Å². The summed E-state index contributed by atoms with van der Waals surface area (Å²) < 4.78 is 23.9. The Morgan fingerprint density at radius 2 is 1.80 bits per heavy atom. The molecule has 1 N–H and O–H groups in total. The van der Waals surface area contributed by atoms with Gasteiger partial charge in [0.2, 0.25) is 0 Å². The molecule has 1 aromatic heterocycles. The molecule has 13 heteroatoms. The number of hydrogen-bond acceptors (Lipinski definition) is 11. The van der Waals surface area contributed by atoms with Gasteiger partial charge in [0.05, 0.1) is 47.0 Å². The third-order valence-electron chi connectivity index (χ3n) is 7.16. The quantitative estimate of drug-likeness (QED) is 0.141. The number of benzene rings is 3. The molecule has 1 aliphatic rings. The zero-order valence-electron chi connectivity index (χ0n) is 25.5. The maximum Gasteiger partial charge on any atom is 0.338 e. The van der Waals surface area contributed by atoms with Crippen LogP contribution in [-0.2, 0) is 16.1 Å². The van der Waals surface area contributed by atoms with E-state index in [4.69, 9.17) is 23.9 Å². The van der Waals surface area contributed by atoms with Gasteiger partial charge in [-0.15, -0.1) is 0 Å². The van der Waals surface area contributed by atoms with Gasteiger partial charge >= 0.3 is 5.97 Å². The summed E-state index contributed by atoms with van der Waals surface area (Å²) >= 11 is 1.05. The van der Waals surface area contributed by atoms with Crippen molar-refractivity contribution in [1.82, 2.24) is 4.57 Å². The average molecular weight is 646 g/mol. The Kier molecular flexibility index (Phi) is 9.52. The van der Waals surface area contributed by atoms with Gasteiger partial charge in [0.15, 0.2) is 27.8 Å². The third-order valence-corrected chi connectivity index (χ3v) is 8.15. The van der Waals surface area contributed by atoms with E-state index in [0.717, 1.165) is 16.9 Å². The number of fused-ring (bicyclic) bond motifs is 1. The summed E-state index contributed by atoms with van der Waals surface area (Å²) in [6.45, 7) is 5.41. The highest BCUT2D eigenvalue weighted by Crippen LogP contribution is 2.43. The molecule has 12 nitrogen and oxygen atoms in total. The third kappa shape index (κ3) is 6.35. The SMILES string of the molecule is CCOC(=O)C1=C(C)n2c(s/c(=C\c3ccc(O)c(OC)c3)c2=O)=N[C@H]1c1cc(OCC)c(OCc2ccccc2)cc1[N+](=O)[O-]. The van der Waals surface area contributed by atoms with Crippen molar-refractivity contribution < 1.29 is 33.8 Å². The number of rotatable bonds is 11. The first-order chi connectivity index (χ1) is 22.2. The van der Waals surface area contributed by atoms with Crippen molar-refractivity contribution in [3.8, 4) is 23.0 Å². The molecule has 0 aliphatic carbocycles. The van der Waals surface area contributed by atoms with Crippen molar-refractivity contribution in [3.63, 3.8) is 0 Å². The van der Waals surface area contributed by atoms with Crippen LogP contribution in [0, 0.1) is 10.1 Å². The number of aromatic nitrogens is 1. The van der Waals surface area contributed by atoms with E-state index in [1.54, 1.807) is 39.0 Å². The van der Waals surface area contributed by atoms with Crippen molar-refractivity contribution in [1.29, 1.82) is 0 Å². The number of aromatic hydroxyl groups is 1. The second-order valence-corrected chi connectivity index (χ2v) is 11.0. The Bertz CT molecular complexity index is 2020. The average Bonchev–Trinajstić information content (AvgIpc) is 3.36. The van der Waals surface area contributed by atoms with Gasteiger partial charge in [-0.1, -0.05) is 47.7 Å². The molecule has 5 rings (SSSR count). The predicted octanol–water partition coefficient (Wildman–Crippen LogP) is 4.51. The number of carbonyl (C=O) groups is 1. The lowest BCUT2D eigenvalue weighted by Gasteiger charge is -2.23. The number of esters is 1. The van der Waals surface area contributed by atoms with Crippen molar-refractivity contribution in [2.24, 2.45) is 4.99 Å². The van der Waals surface area contributed by atoms with Gasteiger partial charge in [-0.25, -0.2) is 9.79 Å². The van der Waals surface area contributed by atoms with Crippen LogP contribution in [0.3, 0.4) is 0 Å². The maximum absolute atomic E-state index is 13.6. The minimum Gasteiger partial charge on any atom is -0.504 e. The summed E-state index contributed by atoms with van der Waals surface area (Å²) in [6.07, 6.45) is 1.61. The number of phenols is 1. The number of phenolic OH excluding ortho intramolecular Hbond substituents is 1. The number of nitro groups is 1. The molecule has 0 amide bonds. The molecule has 3 aromatic carbocycles. The van der Waals surface area contributed by atoms with Crippen LogP contribution >= 0.6 is 11.3 Å². The van der Waals surface area contributed by atoms with Gasteiger partial charge in [-0.05, 0) is 56.2 Å². The Morgan fingerprint density at radius 3 is 2.48 bits per heavy atom. The lowest BCUT2D eigenvalue weighted by Crippen LogP contribution is -2.35. The summed E-state index contributed by atoms with van der Waals surface area (Å²) in [4.78, 5) is 43.9. The monoisotopic (exact) mass is 645 g/mol. The molecular formula is C33H31N3O9S. The van der Waals surface area contributed by atoms with E-state index >= 15 is 0 Å². The lowest BCUT2D eigenvalue weighted by molar-refractivity contribution is -0.385. The number of hydrogen-bond donors (Lipinski definition) is 1. The predicted molar refractivity (Wildman–Crippen MR) is 171 cm³/mol. The standard InChI is InChI=1S/C33H31N3O9S/c1-5-43-26-16-22(23(36(40)41)17-27(26)45-18-20-10-8-7-9-11-20)30-29(32(39)44-6-2)19(3)35-31(38)28(46-33(35)34-30)15-21-12-13-24(37)25(14-21)42-4/h7-17,30,37H,5-6,18H2,1-4H3/b28-15-/t30-/m0/s1. The summed E-state index contributed by atoms with van der Waals surface area (Å²) in [5, 5.41) is 22.4. The number of methoxy groups -OCH3 is 1. The van der Waals surface area contributed by atoms with Crippen LogP contribution in [0.2, 0.25) is 0 Å². The summed E-state index contributed by atoms with van der Waals surface area (Å²) in [7, 11) is 1.42. The van der Waals surface area contributed by atoms with Crippen LogP contribution in [0.1, 0.15) is 43.5 Å². The van der Waals surface area contributed by atoms with Crippen molar-refractivity contribution in [2.75, 3.05) is 20.3 Å². The molecule has 1 aliphatic heterocycles. The fourth-order valence-electron chi connectivity index (χ4n) is 5.04. The molecule has 1 atom stereocenters. The van der Waals surface area contributed by atoms with E-state index in [1.807, 2.05) is 30.3 Å². The molecule has 0 fully saturated rings. The van der Waals surface area contributed by atoms with E-state index in [9.17, 15) is 24.8 Å². The molecule has 2 heterocycles. The number of nitrogens with zero attached hydrogens (tertiary/aromatic N) is 3. The van der Waals surface area contributed by atoms with Gasteiger partial charge in [0.25, 0.3) is 11.2 Å². The topological polar surface area (TPSA) is 152 Å². The van der Waals surface area contributed by atoms with Crippen LogP contribution in [0.5, 0.6) is 23.0 Å². The summed E-state index contributed by atoms with van der Waals surface area (Å²) in [5.74, 6) is -0.191. The number of carbonyl (C=O) groups excluding carboxylic acids is 1. The highest BCUT2D eigenvalue weighted by molar-refractivity contribution is 7.07. The van der Waals surface area contributed by atoms with Gasteiger partial charge < -0.3 is 24.1 Å². The van der Waals surface area contributed by atoms with E-state index in [1.165, 1.54) is 29.9 Å². The largest absolute Gasteiger partial charge is 0.504 e. The number of ether oxygens (including phenoxy) is 4. The minimum absolute atomic E-state index is 0.0180. The molecule has 0 unspecified atom stereocenters. The Balaban J connectivity index is 1.70. The highest BCUT2D eigenvalue weighted by Gasteiger charge is 2.36. The normalized spacial score (nSPS) is 14.3. The lowest BCUT2D eigenvalue weighted by atomic mass is 9.94. The molecular weight excluding hydrogens is 614 g/mol. The van der Waals surface area contributed by atoms with Crippen LogP contribution in [0.4, 0.5) is 5.69 Å². The first-order valence-corrected chi connectivity index (χ1v) is 15.2. The number of nitro benzene ring substituents is 1. The molecule has 4 aromatic rings. The Morgan fingerprint density at radius 1 is 1.07 bits per heavy atom. The number of allylic oxidation sites excluding steroid dienone is 1. The fraction of sp³-hybridized carbons (Fsp3) is 0.242. The first kappa shape index (κ1) is 32.0. The zero-order valence-corrected chi connectivity index (χ0v) is 26.3. The van der Waals surface area contributed by atoms with Crippen molar-refractivity contribution >= 4 is 34.8 Å². The fourth-order valence-corrected chi connectivity index (χ4v) is 6.08. The zero-order chi connectivity index (χ0) is 33.0. The van der Waals surface area contributed by atoms with E-state index in [2.05, 4.69) is 0 Å². The second-order valence-electron chi connectivity index (χ2n) is 10.0. The van der Waals surface area contributed by atoms with Crippen molar-refractivity contribution in [3.05, 3.63) is 113 Å². The molecule has 0 saturated heterocycles. The van der Waals surface area contributed by atoms with Crippen LogP contribution in [0.15, 0.2) is 76.0 Å². The van der Waals surface area contributed by atoms with Crippen LogP contribution in [-0.4, -0.2) is 40.9 Å². The van der Waals surface area contributed by atoms with Crippen LogP contribution < -0.4 is 29.1 Å². The van der Waals surface area contributed by atoms with Crippen molar-refractivity contribution in [2.45, 2.75) is 33.4 Å². The molecule has 0 saturated carbocycles. The Labute approximate surface area is 267 Å². The van der Waals surface area contributed by atoms with Gasteiger partial charge in [0.1, 0.15) is 12.6 Å². The van der Waals surface area contributed by atoms with Gasteiger partial charge in [0, 0.05) is 5.70 Å². The van der Waals surface area contributed by atoms with E-state index in [-0.39, 0.29) is 74.7 Å². The van der Waals surface area contributed by atoms with E-state index < -0.39 is 22.5 Å². The van der Waals surface area contributed by atoms with E-state index in [0.29, 0.717) is 5.56 Å². The molecule has 0 spiro atoms. The summed E-state index contributed by atoms with van der Waals surface area (Å²) in [6, 6.07) is 15.5. The second kappa shape index (κ2) is 13.7. The summed E-state index contributed by atoms with van der Waals surface area (Å²) in [5.41, 5.74) is 0.940. The molecule has 0 radical (unpaired) electrons. The minimum atomic E-state index is -1.19. The maximum atomic E-state index is 13.6. The first-order valence-electron chi connectivity index (χ1n) is 14.3. The number of thiazole rings is 1. The smallest absolute Gasteiger partial charge is 0.338 e.